The number of methoxy groups -OCH3 is 2. The van der Waals surface area contributed by atoms with Crippen molar-refractivity contribution in [2.24, 2.45) is 4.99 Å². The number of halogens is 1. The fourth-order valence-electron chi connectivity index (χ4n) is 2.51. The van der Waals surface area contributed by atoms with Crippen LogP contribution in [0.1, 0.15) is 17.7 Å². The first kappa shape index (κ1) is 24.5. The van der Waals surface area contributed by atoms with Gasteiger partial charge in [0, 0.05) is 43.9 Å². The number of amides is 1. The van der Waals surface area contributed by atoms with Crippen molar-refractivity contribution in [2.75, 3.05) is 33.1 Å². The lowest BCUT2D eigenvalue weighted by atomic mass is 10.2. The van der Waals surface area contributed by atoms with Crippen LogP contribution in [0.5, 0.6) is 11.5 Å². The molecule has 0 fully saturated rings. The van der Waals surface area contributed by atoms with E-state index in [0.29, 0.717) is 31.3 Å². The Balaban J connectivity index is 0.00000420. The van der Waals surface area contributed by atoms with E-state index in [1.165, 1.54) is 0 Å². The molecule has 8 nitrogen and oxygen atoms in total. The van der Waals surface area contributed by atoms with Crippen LogP contribution in [-0.2, 0) is 11.3 Å². The molecule has 0 saturated carbocycles. The summed E-state index contributed by atoms with van der Waals surface area (Å²) >= 11 is 0. The summed E-state index contributed by atoms with van der Waals surface area (Å²) in [5.74, 6) is 2.50. The van der Waals surface area contributed by atoms with Gasteiger partial charge in [0.2, 0.25) is 5.91 Å². The summed E-state index contributed by atoms with van der Waals surface area (Å²) in [5, 5.41) is 9.10. The molecular formula is C20H28IN5O3. The number of benzene rings is 1. The molecule has 9 heteroatoms. The predicted octanol–water partition coefficient (Wildman–Crippen LogP) is 2.72. The second-order valence-corrected chi connectivity index (χ2v) is 5.99. The second kappa shape index (κ2) is 12.8. The van der Waals surface area contributed by atoms with Crippen molar-refractivity contribution in [3.63, 3.8) is 0 Å². The van der Waals surface area contributed by atoms with Gasteiger partial charge in [-0.3, -0.25) is 9.79 Å². The van der Waals surface area contributed by atoms with E-state index < -0.39 is 0 Å². The van der Waals surface area contributed by atoms with Gasteiger partial charge >= 0.3 is 0 Å². The third-order valence-corrected chi connectivity index (χ3v) is 3.96. The number of aliphatic imine (C=N–C) groups is 1. The highest BCUT2D eigenvalue weighted by molar-refractivity contribution is 14.0. The molecule has 1 aromatic heterocycles. The van der Waals surface area contributed by atoms with Crippen molar-refractivity contribution in [1.82, 2.24) is 15.6 Å². The SMILES string of the molecule is CN=C(NCCC(=O)Nc1cccc(C)n1)NCc1ccc(OC)cc1OC.I. The standard InChI is InChI=1S/C20H27N5O3.HI/c1-14-6-5-7-18(24-14)25-19(26)10-11-22-20(21-2)23-13-15-8-9-16(27-3)12-17(15)28-4;/h5-9,12H,10-11,13H2,1-4H3,(H2,21,22,23)(H,24,25,26);1H. The zero-order valence-corrected chi connectivity index (χ0v) is 19.4. The molecule has 1 aromatic carbocycles. The molecule has 0 spiro atoms. The van der Waals surface area contributed by atoms with Gasteiger partial charge in [-0.05, 0) is 31.2 Å². The predicted molar refractivity (Wildman–Crippen MR) is 125 cm³/mol. The summed E-state index contributed by atoms with van der Waals surface area (Å²) in [6, 6.07) is 11.1. The van der Waals surface area contributed by atoms with Crippen LogP contribution in [-0.4, -0.2) is 44.7 Å². The van der Waals surface area contributed by atoms with Crippen LogP contribution in [0.25, 0.3) is 0 Å². The van der Waals surface area contributed by atoms with Gasteiger partial charge in [0.25, 0.3) is 0 Å². The van der Waals surface area contributed by atoms with Gasteiger partial charge in [0.15, 0.2) is 5.96 Å². The van der Waals surface area contributed by atoms with E-state index in [2.05, 4.69) is 25.9 Å². The van der Waals surface area contributed by atoms with Crippen molar-refractivity contribution in [3.05, 3.63) is 47.7 Å². The number of anilines is 1. The van der Waals surface area contributed by atoms with Crippen LogP contribution >= 0.6 is 24.0 Å². The monoisotopic (exact) mass is 513 g/mol. The molecule has 29 heavy (non-hydrogen) atoms. The average molecular weight is 513 g/mol. The molecule has 3 N–H and O–H groups in total. The topological polar surface area (TPSA) is 96.9 Å². The molecule has 0 unspecified atom stereocenters. The second-order valence-electron chi connectivity index (χ2n) is 5.99. The maximum atomic E-state index is 12.0. The van der Waals surface area contributed by atoms with Crippen LogP contribution in [0.15, 0.2) is 41.4 Å². The minimum Gasteiger partial charge on any atom is -0.497 e. The molecule has 0 radical (unpaired) electrons. The number of rotatable bonds is 8. The summed E-state index contributed by atoms with van der Waals surface area (Å²) in [4.78, 5) is 20.5. The van der Waals surface area contributed by atoms with E-state index in [1.807, 2.05) is 37.3 Å². The van der Waals surface area contributed by atoms with Gasteiger partial charge in [-0.25, -0.2) is 4.98 Å². The van der Waals surface area contributed by atoms with Gasteiger partial charge in [0.05, 0.1) is 14.2 Å². The van der Waals surface area contributed by atoms with Gasteiger partial charge in [-0.2, -0.15) is 0 Å². The zero-order valence-electron chi connectivity index (χ0n) is 17.1. The normalized spacial score (nSPS) is 10.6. The molecule has 0 atom stereocenters. The van der Waals surface area contributed by atoms with Crippen LogP contribution in [0.4, 0.5) is 5.82 Å². The van der Waals surface area contributed by atoms with Gasteiger partial charge in [0.1, 0.15) is 17.3 Å². The van der Waals surface area contributed by atoms with Crippen LogP contribution in [0.3, 0.4) is 0 Å². The van der Waals surface area contributed by atoms with Crippen molar-refractivity contribution in [1.29, 1.82) is 0 Å². The van der Waals surface area contributed by atoms with Gasteiger partial charge in [-0.15, -0.1) is 24.0 Å². The number of guanidine groups is 1. The smallest absolute Gasteiger partial charge is 0.227 e. The first-order valence-corrected chi connectivity index (χ1v) is 8.94. The summed E-state index contributed by atoms with van der Waals surface area (Å²) in [6.07, 6.45) is 0.294. The number of pyridine rings is 1. The van der Waals surface area contributed by atoms with Gasteiger partial charge in [-0.1, -0.05) is 6.07 Å². The number of carbonyl (C=O) groups excluding carboxylic acids is 1. The summed E-state index contributed by atoms with van der Waals surface area (Å²) in [5.41, 5.74) is 1.82. The van der Waals surface area contributed by atoms with Crippen molar-refractivity contribution in [2.45, 2.75) is 19.9 Å². The Morgan fingerprint density at radius 2 is 1.93 bits per heavy atom. The molecule has 0 saturated heterocycles. The highest BCUT2D eigenvalue weighted by Gasteiger charge is 2.07. The Hall–Kier alpha value is -2.56. The minimum atomic E-state index is -0.113. The maximum absolute atomic E-state index is 12.0. The molecule has 1 amide bonds. The number of ether oxygens (including phenoxy) is 2. The van der Waals surface area contributed by atoms with E-state index in [-0.39, 0.29) is 29.9 Å². The number of aromatic nitrogens is 1. The van der Waals surface area contributed by atoms with E-state index in [4.69, 9.17) is 9.47 Å². The Labute approximate surface area is 188 Å². The highest BCUT2D eigenvalue weighted by Crippen LogP contribution is 2.24. The fraction of sp³-hybridized carbons (Fsp3) is 0.350. The van der Waals surface area contributed by atoms with E-state index in [0.717, 1.165) is 22.8 Å². The van der Waals surface area contributed by atoms with Crippen LogP contribution < -0.4 is 25.4 Å². The third-order valence-electron chi connectivity index (χ3n) is 3.96. The van der Waals surface area contributed by atoms with Crippen molar-refractivity contribution < 1.29 is 14.3 Å². The molecule has 0 bridgehead atoms. The third kappa shape index (κ3) is 8.14. The quantitative estimate of drug-likeness (QED) is 0.286. The molecule has 0 aliphatic heterocycles. The molecule has 0 aliphatic rings. The lowest BCUT2D eigenvalue weighted by Gasteiger charge is -2.14. The maximum Gasteiger partial charge on any atom is 0.227 e. The number of carbonyl (C=O) groups is 1. The largest absolute Gasteiger partial charge is 0.497 e. The van der Waals surface area contributed by atoms with Crippen LogP contribution in [0, 0.1) is 6.92 Å². The van der Waals surface area contributed by atoms with E-state index in [1.54, 1.807) is 27.3 Å². The van der Waals surface area contributed by atoms with Crippen molar-refractivity contribution in [3.8, 4) is 11.5 Å². The number of hydrogen-bond donors (Lipinski definition) is 3. The first-order valence-electron chi connectivity index (χ1n) is 8.94. The Kier molecular flexibility index (Phi) is 10.8. The molecule has 2 rings (SSSR count). The lowest BCUT2D eigenvalue weighted by molar-refractivity contribution is -0.116. The number of nitrogens with zero attached hydrogens (tertiary/aromatic N) is 2. The molecular weight excluding hydrogens is 485 g/mol. The molecule has 2 aromatic rings. The summed E-state index contributed by atoms with van der Waals surface area (Å²) in [6.45, 7) is 2.84. The van der Waals surface area contributed by atoms with E-state index >= 15 is 0 Å². The Morgan fingerprint density at radius 3 is 2.59 bits per heavy atom. The lowest BCUT2D eigenvalue weighted by Crippen LogP contribution is -2.38. The Morgan fingerprint density at radius 1 is 1.14 bits per heavy atom. The minimum absolute atomic E-state index is 0. The number of nitrogens with one attached hydrogen (secondary N) is 3. The molecule has 1 heterocycles. The van der Waals surface area contributed by atoms with E-state index in [9.17, 15) is 4.79 Å². The van der Waals surface area contributed by atoms with Crippen LogP contribution in [0.2, 0.25) is 0 Å². The fourth-order valence-corrected chi connectivity index (χ4v) is 2.51. The average Bonchev–Trinajstić information content (AvgIpc) is 2.70. The highest BCUT2D eigenvalue weighted by atomic mass is 127. The number of hydrogen-bond acceptors (Lipinski definition) is 5. The number of aryl methyl sites for hydroxylation is 1. The summed E-state index contributed by atoms with van der Waals surface area (Å²) in [7, 11) is 4.91. The zero-order chi connectivity index (χ0) is 20.4. The summed E-state index contributed by atoms with van der Waals surface area (Å²) < 4.78 is 10.6. The van der Waals surface area contributed by atoms with Gasteiger partial charge < -0.3 is 25.4 Å². The molecule has 158 valence electrons. The van der Waals surface area contributed by atoms with Crippen molar-refractivity contribution >= 4 is 41.7 Å². The first-order chi connectivity index (χ1) is 13.5. The Bertz CT molecular complexity index is 830. The molecule has 0 aliphatic carbocycles.